The van der Waals surface area contributed by atoms with E-state index in [0.29, 0.717) is 21.9 Å². The molecule has 0 spiro atoms. The molecule has 154 valence electrons. The van der Waals surface area contributed by atoms with Gasteiger partial charge in [0.15, 0.2) is 6.61 Å². The first-order chi connectivity index (χ1) is 15.1. The predicted molar refractivity (Wildman–Crippen MR) is 115 cm³/mol. The van der Waals surface area contributed by atoms with Gasteiger partial charge in [-0.25, -0.2) is 9.59 Å². The molecule has 0 radical (unpaired) electrons. The standard InChI is InChI=1S/C22H16N4O4S/c1-15-8-10-17(11-9-15)26-22(23-24-25-26)31-13-5-4-12-29-20(27)18-14-16-6-2-3-7-19(16)30-21(18)28/h2-3,6-11,14H,12-13H2,1H3. The summed E-state index contributed by atoms with van der Waals surface area (Å²) in [7, 11) is 0. The number of nitrogens with zero attached hydrogens (tertiary/aromatic N) is 4. The molecule has 0 aliphatic heterocycles. The van der Waals surface area contributed by atoms with E-state index in [0.717, 1.165) is 11.3 Å². The van der Waals surface area contributed by atoms with E-state index in [1.165, 1.54) is 17.8 Å². The Balaban J connectivity index is 1.32. The minimum Gasteiger partial charge on any atom is -0.449 e. The lowest BCUT2D eigenvalue weighted by molar-refractivity contribution is 0.0552. The third-order valence-corrected chi connectivity index (χ3v) is 5.06. The summed E-state index contributed by atoms with van der Waals surface area (Å²) in [6, 6.07) is 16.2. The number of ether oxygens (including phenoxy) is 1. The largest absolute Gasteiger partial charge is 0.449 e. The molecule has 8 nitrogen and oxygen atoms in total. The van der Waals surface area contributed by atoms with Crippen molar-refractivity contribution in [2.45, 2.75) is 12.1 Å². The molecule has 31 heavy (non-hydrogen) atoms. The van der Waals surface area contributed by atoms with Crippen LogP contribution >= 0.6 is 11.8 Å². The van der Waals surface area contributed by atoms with Crippen LogP contribution in [-0.2, 0) is 4.74 Å². The van der Waals surface area contributed by atoms with Crippen LogP contribution in [-0.4, -0.2) is 38.5 Å². The Morgan fingerprint density at radius 3 is 2.81 bits per heavy atom. The summed E-state index contributed by atoms with van der Waals surface area (Å²) in [4.78, 5) is 24.1. The van der Waals surface area contributed by atoms with Gasteiger partial charge >= 0.3 is 11.6 Å². The van der Waals surface area contributed by atoms with Crippen LogP contribution in [0.5, 0.6) is 0 Å². The molecule has 0 aliphatic rings. The molecule has 0 saturated heterocycles. The highest BCUT2D eigenvalue weighted by molar-refractivity contribution is 7.99. The number of aromatic nitrogens is 4. The zero-order valence-electron chi connectivity index (χ0n) is 16.4. The van der Waals surface area contributed by atoms with Crippen LogP contribution in [0, 0.1) is 18.8 Å². The number of hydrogen-bond acceptors (Lipinski definition) is 8. The van der Waals surface area contributed by atoms with Crippen molar-refractivity contribution >= 4 is 28.7 Å². The number of carbonyl (C=O) groups excluding carboxylic acids is 1. The summed E-state index contributed by atoms with van der Waals surface area (Å²) in [5, 5.41) is 12.9. The summed E-state index contributed by atoms with van der Waals surface area (Å²) in [6.07, 6.45) is 0. The SMILES string of the molecule is Cc1ccc(-n2nnnc2SCC#CCOC(=O)c2cc3ccccc3oc2=O)cc1. The Kier molecular flexibility index (Phi) is 6.10. The zero-order chi connectivity index (χ0) is 21.6. The number of hydrogen-bond donors (Lipinski definition) is 0. The van der Waals surface area contributed by atoms with Gasteiger partial charge in [-0.1, -0.05) is 59.5 Å². The molecule has 2 aromatic heterocycles. The fraction of sp³-hybridized carbons (Fsp3) is 0.136. The molecular weight excluding hydrogens is 416 g/mol. The van der Waals surface area contributed by atoms with Crippen molar-refractivity contribution in [3.8, 4) is 17.5 Å². The lowest BCUT2D eigenvalue weighted by Crippen LogP contribution is -2.16. The summed E-state index contributed by atoms with van der Waals surface area (Å²) >= 11 is 1.36. The second-order valence-corrected chi connectivity index (χ2v) is 7.36. The van der Waals surface area contributed by atoms with E-state index in [1.807, 2.05) is 31.2 Å². The summed E-state index contributed by atoms with van der Waals surface area (Å²) in [6.45, 7) is 1.86. The number of benzene rings is 2. The van der Waals surface area contributed by atoms with Crippen LogP contribution < -0.4 is 5.63 Å². The van der Waals surface area contributed by atoms with Crippen molar-refractivity contribution in [2.75, 3.05) is 12.4 Å². The zero-order valence-corrected chi connectivity index (χ0v) is 17.3. The van der Waals surface area contributed by atoms with Crippen LogP contribution in [0.15, 0.2) is 69.0 Å². The molecule has 0 fully saturated rings. The van der Waals surface area contributed by atoms with Gasteiger partial charge in [0, 0.05) is 5.39 Å². The summed E-state index contributed by atoms with van der Waals surface area (Å²) in [5.74, 6) is 5.27. The molecule has 2 aromatic carbocycles. The Hall–Kier alpha value is -3.90. The Labute approximate surface area is 181 Å². The minimum absolute atomic E-state index is 0.144. The van der Waals surface area contributed by atoms with E-state index in [-0.39, 0.29) is 12.2 Å². The van der Waals surface area contributed by atoms with Crippen molar-refractivity contribution in [3.05, 3.63) is 76.1 Å². The van der Waals surface area contributed by atoms with Crippen LogP contribution in [0.3, 0.4) is 0 Å². The number of carbonyl (C=O) groups is 1. The van der Waals surface area contributed by atoms with Gasteiger partial charge in [0.2, 0.25) is 5.16 Å². The molecule has 4 aromatic rings. The molecule has 0 saturated carbocycles. The van der Waals surface area contributed by atoms with Crippen LogP contribution in [0.4, 0.5) is 0 Å². The van der Waals surface area contributed by atoms with Gasteiger partial charge in [0.05, 0.1) is 11.4 Å². The molecule has 0 atom stereocenters. The second-order valence-electron chi connectivity index (χ2n) is 6.41. The van der Waals surface area contributed by atoms with Crippen molar-refractivity contribution in [1.29, 1.82) is 0 Å². The fourth-order valence-electron chi connectivity index (χ4n) is 2.70. The maximum Gasteiger partial charge on any atom is 0.351 e. The highest BCUT2D eigenvalue weighted by atomic mass is 32.2. The fourth-order valence-corrected chi connectivity index (χ4v) is 3.37. The van der Waals surface area contributed by atoms with Crippen molar-refractivity contribution < 1.29 is 13.9 Å². The van der Waals surface area contributed by atoms with Crippen LogP contribution in [0.1, 0.15) is 15.9 Å². The van der Waals surface area contributed by atoms with Gasteiger partial charge in [-0.2, -0.15) is 4.68 Å². The maximum absolute atomic E-state index is 12.2. The van der Waals surface area contributed by atoms with Gasteiger partial charge in [-0.15, -0.1) is 5.10 Å². The van der Waals surface area contributed by atoms with E-state index in [2.05, 4.69) is 27.4 Å². The number of para-hydroxylation sites is 1. The third kappa shape index (κ3) is 4.82. The first-order valence-electron chi connectivity index (χ1n) is 9.26. The van der Waals surface area contributed by atoms with Gasteiger partial charge in [-0.05, 0) is 41.6 Å². The third-order valence-electron chi connectivity index (χ3n) is 4.25. The topological polar surface area (TPSA) is 100 Å². The predicted octanol–water partition coefficient (Wildman–Crippen LogP) is 3.03. The number of tetrazole rings is 1. The van der Waals surface area contributed by atoms with E-state index < -0.39 is 11.6 Å². The lowest BCUT2D eigenvalue weighted by Gasteiger charge is -2.03. The van der Waals surface area contributed by atoms with Crippen molar-refractivity contribution in [2.24, 2.45) is 0 Å². The molecular formula is C22H16N4O4S. The first kappa shape index (κ1) is 20.4. The number of thioether (sulfide) groups is 1. The maximum atomic E-state index is 12.2. The molecule has 4 rings (SSSR count). The van der Waals surface area contributed by atoms with Gasteiger partial charge < -0.3 is 9.15 Å². The molecule has 0 N–H and O–H groups in total. The highest BCUT2D eigenvalue weighted by Crippen LogP contribution is 2.18. The van der Waals surface area contributed by atoms with Crippen molar-refractivity contribution in [3.63, 3.8) is 0 Å². The first-order valence-corrected chi connectivity index (χ1v) is 10.2. The van der Waals surface area contributed by atoms with Gasteiger partial charge in [-0.3, -0.25) is 0 Å². The lowest BCUT2D eigenvalue weighted by atomic mass is 10.2. The highest BCUT2D eigenvalue weighted by Gasteiger charge is 2.14. The smallest absolute Gasteiger partial charge is 0.351 e. The van der Waals surface area contributed by atoms with Gasteiger partial charge in [0.25, 0.3) is 0 Å². The number of rotatable bonds is 5. The molecule has 9 heteroatoms. The second kappa shape index (κ2) is 9.28. The van der Waals surface area contributed by atoms with Crippen LogP contribution in [0.25, 0.3) is 16.7 Å². The summed E-state index contributed by atoms with van der Waals surface area (Å²) < 4.78 is 11.8. The van der Waals surface area contributed by atoms with E-state index >= 15 is 0 Å². The summed E-state index contributed by atoms with van der Waals surface area (Å²) in [5.41, 5.74) is 1.51. The number of esters is 1. The normalized spacial score (nSPS) is 10.5. The Morgan fingerprint density at radius 2 is 1.97 bits per heavy atom. The Morgan fingerprint density at radius 1 is 1.16 bits per heavy atom. The monoisotopic (exact) mass is 432 g/mol. The Bertz CT molecular complexity index is 1350. The van der Waals surface area contributed by atoms with Crippen molar-refractivity contribution in [1.82, 2.24) is 20.2 Å². The molecule has 0 unspecified atom stereocenters. The molecule has 0 amide bonds. The number of fused-ring (bicyclic) bond motifs is 1. The van der Waals surface area contributed by atoms with Crippen LogP contribution in [0.2, 0.25) is 0 Å². The quantitative estimate of drug-likeness (QED) is 0.205. The minimum atomic E-state index is -0.773. The molecule has 0 aliphatic carbocycles. The average Bonchev–Trinajstić information content (AvgIpc) is 3.24. The molecule has 2 heterocycles. The van der Waals surface area contributed by atoms with E-state index in [4.69, 9.17) is 9.15 Å². The number of aryl methyl sites for hydroxylation is 1. The molecule has 0 bridgehead atoms. The van der Waals surface area contributed by atoms with Gasteiger partial charge in [0.1, 0.15) is 11.1 Å². The van der Waals surface area contributed by atoms with E-state index in [1.54, 1.807) is 28.9 Å². The average molecular weight is 432 g/mol. The van der Waals surface area contributed by atoms with E-state index in [9.17, 15) is 9.59 Å².